The fourth-order valence-electron chi connectivity index (χ4n) is 2.98. The summed E-state index contributed by atoms with van der Waals surface area (Å²) < 4.78 is 5.15. The van der Waals surface area contributed by atoms with E-state index in [1.165, 1.54) is 12.1 Å². The summed E-state index contributed by atoms with van der Waals surface area (Å²) in [6, 6.07) is 12.8. The fraction of sp³-hybridized carbons (Fsp3) is 0.150. The first-order valence-electron chi connectivity index (χ1n) is 8.61. The van der Waals surface area contributed by atoms with Gasteiger partial charge in [0, 0.05) is 10.9 Å². The maximum Gasteiger partial charge on any atom is 0.325 e. The van der Waals surface area contributed by atoms with Gasteiger partial charge in [-0.05, 0) is 35.9 Å². The van der Waals surface area contributed by atoms with Crippen LogP contribution in [0, 0.1) is 11.3 Å². The molecule has 0 aromatic heterocycles. The lowest BCUT2D eigenvalue weighted by Crippen LogP contribution is -2.41. The van der Waals surface area contributed by atoms with Gasteiger partial charge in [0.15, 0.2) is 0 Å². The molecule has 1 aliphatic rings. The van der Waals surface area contributed by atoms with Crippen LogP contribution in [0.25, 0.3) is 0 Å². The number of carbonyl (C=O) groups is 2. The molecule has 1 heterocycles. The molecule has 0 fully saturated rings. The SMILES string of the molecule is COc1ccc([C@@H]2C(C#N)=C(N)S[C@H]2C(=O)NC(=O)Nc2ccc(Cl)cc2Cl)cc1. The number of nitrogens with one attached hydrogen (secondary N) is 2. The number of methoxy groups -OCH3 is 1. The third kappa shape index (κ3) is 4.65. The lowest BCUT2D eigenvalue weighted by atomic mass is 9.88. The van der Waals surface area contributed by atoms with E-state index in [1.54, 1.807) is 37.4 Å². The topological polar surface area (TPSA) is 117 Å². The highest BCUT2D eigenvalue weighted by Gasteiger charge is 2.41. The summed E-state index contributed by atoms with van der Waals surface area (Å²) in [6.45, 7) is 0. The zero-order chi connectivity index (χ0) is 21.8. The van der Waals surface area contributed by atoms with Crippen molar-refractivity contribution in [3.63, 3.8) is 0 Å². The van der Waals surface area contributed by atoms with Crippen molar-refractivity contribution < 1.29 is 14.3 Å². The fourth-order valence-corrected chi connectivity index (χ4v) is 4.61. The molecule has 0 spiro atoms. The minimum atomic E-state index is -0.792. The van der Waals surface area contributed by atoms with Crippen molar-refractivity contribution in [1.82, 2.24) is 5.32 Å². The smallest absolute Gasteiger partial charge is 0.325 e. The summed E-state index contributed by atoms with van der Waals surface area (Å²) in [5.41, 5.74) is 7.27. The summed E-state index contributed by atoms with van der Waals surface area (Å²) >= 11 is 12.9. The molecule has 3 rings (SSSR count). The van der Waals surface area contributed by atoms with E-state index in [1.807, 2.05) is 0 Å². The van der Waals surface area contributed by atoms with Gasteiger partial charge in [0.2, 0.25) is 5.91 Å². The molecule has 0 saturated carbocycles. The molecular weight excluding hydrogens is 447 g/mol. The summed E-state index contributed by atoms with van der Waals surface area (Å²) in [5, 5.41) is 14.4. The van der Waals surface area contributed by atoms with Gasteiger partial charge in [-0.2, -0.15) is 5.26 Å². The third-order valence-electron chi connectivity index (χ3n) is 4.40. The van der Waals surface area contributed by atoms with Gasteiger partial charge in [-0.15, -0.1) is 0 Å². The zero-order valence-electron chi connectivity index (χ0n) is 15.6. The average Bonchev–Trinajstić information content (AvgIpc) is 3.06. The number of ether oxygens (including phenoxy) is 1. The molecule has 2 aromatic rings. The van der Waals surface area contributed by atoms with Gasteiger partial charge in [-0.3, -0.25) is 10.1 Å². The Kier molecular flexibility index (Phi) is 6.77. The van der Waals surface area contributed by atoms with Gasteiger partial charge in [0.05, 0.1) is 34.5 Å². The molecule has 0 radical (unpaired) electrons. The quantitative estimate of drug-likeness (QED) is 0.625. The Balaban J connectivity index is 1.77. The van der Waals surface area contributed by atoms with Crippen molar-refractivity contribution in [3.05, 3.63) is 68.7 Å². The van der Waals surface area contributed by atoms with Crippen LogP contribution in [-0.4, -0.2) is 24.3 Å². The third-order valence-corrected chi connectivity index (χ3v) is 6.16. The number of amides is 3. The van der Waals surface area contributed by atoms with Crippen molar-refractivity contribution in [2.45, 2.75) is 11.2 Å². The van der Waals surface area contributed by atoms with Crippen molar-refractivity contribution >= 4 is 52.6 Å². The van der Waals surface area contributed by atoms with Crippen LogP contribution in [0.2, 0.25) is 10.0 Å². The predicted octanol–water partition coefficient (Wildman–Crippen LogP) is 4.24. The Hall–Kier alpha value is -2.86. The van der Waals surface area contributed by atoms with E-state index in [2.05, 4.69) is 16.7 Å². The number of rotatable bonds is 4. The standard InChI is InChI=1S/C20H16Cl2N4O3S/c1-29-12-5-2-10(3-6-12)16-13(9-23)18(24)30-17(16)19(27)26-20(28)25-15-7-4-11(21)8-14(15)22/h2-8,16-17H,24H2,1H3,(H2,25,26,27,28)/t16-,17-/m1/s1. The van der Waals surface area contributed by atoms with Gasteiger partial charge in [-0.25, -0.2) is 4.79 Å². The number of allylic oxidation sites excluding steroid dienone is 1. The first-order valence-corrected chi connectivity index (χ1v) is 10.2. The Morgan fingerprint density at radius 1 is 1.20 bits per heavy atom. The summed E-state index contributed by atoms with van der Waals surface area (Å²) in [6.07, 6.45) is 0. The molecule has 7 nitrogen and oxygen atoms in total. The van der Waals surface area contributed by atoms with Gasteiger partial charge in [0.1, 0.15) is 11.0 Å². The second kappa shape index (κ2) is 9.30. The number of nitrogens with zero attached hydrogens (tertiary/aromatic N) is 1. The van der Waals surface area contributed by atoms with Crippen LogP contribution in [0.15, 0.2) is 53.1 Å². The normalized spacial score (nSPS) is 17.9. The van der Waals surface area contributed by atoms with Crippen LogP contribution in [0.5, 0.6) is 5.75 Å². The number of urea groups is 1. The lowest BCUT2D eigenvalue weighted by Gasteiger charge is -2.19. The number of carbonyl (C=O) groups excluding carboxylic acids is 2. The minimum Gasteiger partial charge on any atom is -0.497 e. The van der Waals surface area contributed by atoms with Crippen LogP contribution in [-0.2, 0) is 4.79 Å². The zero-order valence-corrected chi connectivity index (χ0v) is 17.9. The molecule has 4 N–H and O–H groups in total. The number of hydrogen-bond donors (Lipinski definition) is 3. The van der Waals surface area contributed by atoms with E-state index in [4.69, 9.17) is 33.7 Å². The Morgan fingerprint density at radius 2 is 1.90 bits per heavy atom. The van der Waals surface area contributed by atoms with E-state index in [9.17, 15) is 14.9 Å². The molecule has 10 heteroatoms. The Labute approximate surface area is 187 Å². The molecule has 0 aliphatic carbocycles. The van der Waals surface area contributed by atoms with Crippen LogP contribution < -0.4 is 21.1 Å². The summed E-state index contributed by atoms with van der Waals surface area (Å²) in [4.78, 5) is 25.1. The van der Waals surface area contributed by atoms with Crippen LogP contribution >= 0.6 is 35.0 Å². The van der Waals surface area contributed by atoms with Crippen molar-refractivity contribution in [3.8, 4) is 11.8 Å². The predicted molar refractivity (Wildman–Crippen MR) is 118 cm³/mol. The van der Waals surface area contributed by atoms with Crippen LogP contribution in [0.3, 0.4) is 0 Å². The van der Waals surface area contributed by atoms with E-state index < -0.39 is 23.1 Å². The van der Waals surface area contributed by atoms with Gasteiger partial charge < -0.3 is 15.8 Å². The van der Waals surface area contributed by atoms with E-state index in [0.29, 0.717) is 22.0 Å². The largest absolute Gasteiger partial charge is 0.497 e. The lowest BCUT2D eigenvalue weighted by molar-refractivity contribution is -0.119. The molecule has 3 amide bonds. The highest BCUT2D eigenvalue weighted by Crippen LogP contribution is 2.45. The van der Waals surface area contributed by atoms with Crippen LogP contribution in [0.1, 0.15) is 11.5 Å². The molecule has 0 saturated heterocycles. The molecule has 0 unspecified atom stereocenters. The molecule has 30 heavy (non-hydrogen) atoms. The van der Waals surface area contributed by atoms with Gasteiger partial charge in [0.25, 0.3) is 0 Å². The molecular formula is C20H16Cl2N4O3S. The monoisotopic (exact) mass is 462 g/mol. The number of imide groups is 1. The number of nitriles is 1. The average molecular weight is 463 g/mol. The number of thioether (sulfide) groups is 1. The van der Waals surface area contributed by atoms with E-state index in [0.717, 1.165) is 11.8 Å². The summed E-state index contributed by atoms with van der Waals surface area (Å²) in [5.74, 6) is -0.547. The number of nitrogens with two attached hydrogens (primary N) is 1. The molecule has 154 valence electrons. The van der Waals surface area contributed by atoms with E-state index in [-0.39, 0.29) is 15.6 Å². The number of hydrogen-bond acceptors (Lipinski definition) is 6. The second-order valence-corrected chi connectivity index (χ2v) is 8.27. The molecule has 2 aromatic carbocycles. The van der Waals surface area contributed by atoms with Gasteiger partial charge in [-0.1, -0.05) is 47.1 Å². The Bertz CT molecular complexity index is 1070. The highest BCUT2D eigenvalue weighted by atomic mass is 35.5. The summed E-state index contributed by atoms with van der Waals surface area (Å²) in [7, 11) is 1.54. The van der Waals surface area contributed by atoms with Crippen molar-refractivity contribution in [2.24, 2.45) is 5.73 Å². The first kappa shape index (κ1) is 21.8. The van der Waals surface area contributed by atoms with E-state index >= 15 is 0 Å². The molecule has 0 bridgehead atoms. The highest BCUT2D eigenvalue weighted by molar-refractivity contribution is 8.04. The number of halogens is 2. The molecule has 1 aliphatic heterocycles. The van der Waals surface area contributed by atoms with Crippen molar-refractivity contribution in [1.29, 1.82) is 5.26 Å². The first-order chi connectivity index (χ1) is 14.3. The number of benzene rings is 2. The Morgan fingerprint density at radius 3 is 2.50 bits per heavy atom. The second-order valence-electron chi connectivity index (χ2n) is 6.25. The number of anilines is 1. The van der Waals surface area contributed by atoms with Gasteiger partial charge >= 0.3 is 6.03 Å². The maximum atomic E-state index is 12.8. The van der Waals surface area contributed by atoms with Crippen LogP contribution in [0.4, 0.5) is 10.5 Å². The molecule has 2 atom stereocenters. The van der Waals surface area contributed by atoms with Crippen molar-refractivity contribution in [2.75, 3.05) is 12.4 Å². The maximum absolute atomic E-state index is 12.8. The minimum absolute atomic E-state index is 0.231.